The number of carboxylic acid groups (broad SMARTS) is 1. The Morgan fingerprint density at radius 3 is 2.33 bits per heavy atom. The second-order valence-corrected chi connectivity index (χ2v) is 5.07. The average Bonchev–Trinajstić information content (AvgIpc) is 3.10. The Hall–Kier alpha value is -1.55. The van der Waals surface area contributed by atoms with E-state index in [0.717, 1.165) is 5.56 Å². The summed E-state index contributed by atoms with van der Waals surface area (Å²) in [6, 6.07) is 6.88. The highest BCUT2D eigenvalue weighted by Crippen LogP contribution is 2.46. The van der Waals surface area contributed by atoms with Gasteiger partial charge in [-0.3, -0.25) is 9.59 Å². The Kier molecular flexibility index (Phi) is 3.30. The second kappa shape index (κ2) is 4.61. The van der Waals surface area contributed by atoms with Crippen LogP contribution in [0.2, 0.25) is 5.02 Å². The molecular formula is C13H14ClNO3. The van der Waals surface area contributed by atoms with Gasteiger partial charge >= 0.3 is 5.97 Å². The fourth-order valence-corrected chi connectivity index (χ4v) is 1.96. The summed E-state index contributed by atoms with van der Waals surface area (Å²) in [6.45, 7) is 1.82. The minimum absolute atomic E-state index is 0.230. The first-order valence-electron chi connectivity index (χ1n) is 5.75. The first-order chi connectivity index (χ1) is 8.45. The topological polar surface area (TPSA) is 66.4 Å². The highest BCUT2D eigenvalue weighted by atomic mass is 35.5. The van der Waals surface area contributed by atoms with Crippen LogP contribution in [-0.2, 0) is 9.59 Å². The molecule has 1 aromatic rings. The molecular weight excluding hydrogens is 254 g/mol. The van der Waals surface area contributed by atoms with E-state index in [2.05, 4.69) is 5.32 Å². The maximum atomic E-state index is 11.9. The molecule has 1 aromatic carbocycles. The third-order valence-corrected chi connectivity index (χ3v) is 3.56. The van der Waals surface area contributed by atoms with Gasteiger partial charge in [-0.1, -0.05) is 23.7 Å². The van der Waals surface area contributed by atoms with E-state index < -0.39 is 17.3 Å². The fourth-order valence-electron chi connectivity index (χ4n) is 1.83. The van der Waals surface area contributed by atoms with E-state index >= 15 is 0 Å². The Morgan fingerprint density at radius 2 is 1.89 bits per heavy atom. The molecule has 2 rings (SSSR count). The number of carboxylic acids is 1. The van der Waals surface area contributed by atoms with Crippen molar-refractivity contribution in [3.8, 4) is 0 Å². The van der Waals surface area contributed by atoms with Crippen LogP contribution in [0.4, 0.5) is 0 Å². The number of carbonyl (C=O) groups is 2. The predicted molar refractivity (Wildman–Crippen MR) is 67.3 cm³/mol. The van der Waals surface area contributed by atoms with Crippen molar-refractivity contribution in [3.05, 3.63) is 34.9 Å². The van der Waals surface area contributed by atoms with E-state index in [1.165, 1.54) is 0 Å². The van der Waals surface area contributed by atoms with Gasteiger partial charge in [-0.05, 0) is 37.5 Å². The Labute approximate surface area is 110 Å². The lowest BCUT2D eigenvalue weighted by Gasteiger charge is -2.17. The van der Waals surface area contributed by atoms with Crippen LogP contribution in [0.3, 0.4) is 0 Å². The molecule has 0 saturated heterocycles. The average molecular weight is 268 g/mol. The number of hydrogen-bond donors (Lipinski definition) is 2. The van der Waals surface area contributed by atoms with Crippen LogP contribution in [0, 0.1) is 5.41 Å². The Bertz CT molecular complexity index is 480. The molecule has 0 radical (unpaired) electrons. The van der Waals surface area contributed by atoms with Crippen molar-refractivity contribution >= 4 is 23.5 Å². The van der Waals surface area contributed by atoms with Crippen molar-refractivity contribution in [2.45, 2.75) is 25.8 Å². The molecule has 1 aliphatic rings. The smallest absolute Gasteiger partial charge is 0.319 e. The molecule has 4 nitrogen and oxygen atoms in total. The minimum atomic E-state index is -1.19. The molecule has 0 heterocycles. The Balaban J connectivity index is 2.04. The largest absolute Gasteiger partial charge is 0.480 e. The van der Waals surface area contributed by atoms with Crippen LogP contribution < -0.4 is 5.32 Å². The summed E-state index contributed by atoms with van der Waals surface area (Å²) in [5, 5.41) is 12.4. The molecule has 5 heteroatoms. The van der Waals surface area contributed by atoms with Gasteiger partial charge in [0, 0.05) is 5.02 Å². The van der Waals surface area contributed by atoms with E-state index in [1.807, 2.05) is 19.1 Å². The van der Waals surface area contributed by atoms with E-state index in [1.54, 1.807) is 12.1 Å². The number of hydrogen-bond acceptors (Lipinski definition) is 2. The predicted octanol–water partition coefficient (Wildman–Crippen LogP) is 2.38. The van der Waals surface area contributed by atoms with Gasteiger partial charge in [0.25, 0.3) is 0 Å². The van der Waals surface area contributed by atoms with Gasteiger partial charge in [0.1, 0.15) is 5.41 Å². The lowest BCUT2D eigenvalue weighted by molar-refractivity contribution is -0.149. The standard InChI is InChI=1S/C13H14ClNO3/c1-8(9-2-4-10(14)5-3-9)15-11(16)13(6-7-13)12(17)18/h2-5,8H,6-7H2,1H3,(H,15,16)(H,17,18). The zero-order chi connectivity index (χ0) is 13.3. The summed E-state index contributed by atoms with van der Waals surface area (Å²) in [5.74, 6) is -1.44. The van der Waals surface area contributed by atoms with E-state index in [9.17, 15) is 9.59 Å². The highest BCUT2D eigenvalue weighted by molar-refractivity contribution is 6.30. The van der Waals surface area contributed by atoms with Gasteiger partial charge in [0.15, 0.2) is 0 Å². The van der Waals surface area contributed by atoms with Crippen molar-refractivity contribution in [1.82, 2.24) is 5.32 Å². The van der Waals surface area contributed by atoms with E-state index in [4.69, 9.17) is 16.7 Å². The maximum Gasteiger partial charge on any atom is 0.319 e. The maximum absolute atomic E-state index is 11.9. The molecule has 0 aliphatic heterocycles. The molecule has 1 aliphatic carbocycles. The number of amides is 1. The van der Waals surface area contributed by atoms with Crippen molar-refractivity contribution < 1.29 is 14.7 Å². The van der Waals surface area contributed by atoms with Crippen LogP contribution in [0.15, 0.2) is 24.3 Å². The number of halogens is 1. The highest BCUT2D eigenvalue weighted by Gasteiger charge is 2.57. The summed E-state index contributed by atoms with van der Waals surface area (Å²) in [5.41, 5.74) is -0.297. The molecule has 2 N–H and O–H groups in total. The van der Waals surface area contributed by atoms with Gasteiger partial charge < -0.3 is 10.4 Å². The summed E-state index contributed by atoms with van der Waals surface area (Å²) in [7, 11) is 0. The van der Waals surface area contributed by atoms with Crippen molar-refractivity contribution in [2.75, 3.05) is 0 Å². The van der Waals surface area contributed by atoms with Gasteiger partial charge in [-0.15, -0.1) is 0 Å². The summed E-state index contributed by atoms with van der Waals surface area (Å²) in [4.78, 5) is 22.9. The number of rotatable bonds is 4. The zero-order valence-electron chi connectivity index (χ0n) is 9.94. The third-order valence-electron chi connectivity index (χ3n) is 3.31. The summed E-state index contributed by atoms with van der Waals surface area (Å²) < 4.78 is 0. The van der Waals surface area contributed by atoms with E-state index in [-0.39, 0.29) is 6.04 Å². The fraction of sp³-hybridized carbons (Fsp3) is 0.385. The molecule has 0 aromatic heterocycles. The van der Waals surface area contributed by atoms with Crippen LogP contribution in [0.5, 0.6) is 0 Å². The monoisotopic (exact) mass is 267 g/mol. The van der Waals surface area contributed by atoms with Gasteiger partial charge in [0.2, 0.25) is 5.91 Å². The SMILES string of the molecule is CC(NC(=O)C1(C(=O)O)CC1)c1ccc(Cl)cc1. The lowest BCUT2D eigenvalue weighted by Crippen LogP contribution is -2.38. The minimum Gasteiger partial charge on any atom is -0.480 e. The van der Waals surface area contributed by atoms with Gasteiger partial charge in [-0.25, -0.2) is 0 Å². The van der Waals surface area contributed by atoms with Crippen LogP contribution in [0.1, 0.15) is 31.4 Å². The third kappa shape index (κ3) is 2.34. The number of nitrogens with one attached hydrogen (secondary N) is 1. The normalized spacial score (nSPS) is 17.9. The van der Waals surface area contributed by atoms with Crippen molar-refractivity contribution in [1.29, 1.82) is 0 Å². The van der Waals surface area contributed by atoms with Crippen LogP contribution in [0.25, 0.3) is 0 Å². The summed E-state index contributed by atoms with van der Waals surface area (Å²) in [6.07, 6.45) is 0.836. The summed E-state index contributed by atoms with van der Waals surface area (Å²) >= 11 is 5.78. The lowest BCUT2D eigenvalue weighted by atomic mass is 10.0. The molecule has 1 saturated carbocycles. The number of carbonyl (C=O) groups excluding carboxylic acids is 1. The van der Waals surface area contributed by atoms with Crippen LogP contribution in [-0.4, -0.2) is 17.0 Å². The quantitative estimate of drug-likeness (QED) is 0.823. The number of aliphatic carboxylic acids is 1. The molecule has 1 amide bonds. The van der Waals surface area contributed by atoms with Gasteiger partial charge in [-0.2, -0.15) is 0 Å². The molecule has 1 atom stereocenters. The molecule has 1 unspecified atom stereocenters. The number of benzene rings is 1. The zero-order valence-corrected chi connectivity index (χ0v) is 10.7. The molecule has 18 heavy (non-hydrogen) atoms. The van der Waals surface area contributed by atoms with Crippen molar-refractivity contribution in [2.24, 2.45) is 5.41 Å². The second-order valence-electron chi connectivity index (χ2n) is 4.63. The molecule has 1 fully saturated rings. The van der Waals surface area contributed by atoms with Crippen molar-refractivity contribution in [3.63, 3.8) is 0 Å². The first kappa shape index (κ1) is 12.9. The molecule has 96 valence electrons. The molecule has 0 bridgehead atoms. The van der Waals surface area contributed by atoms with Gasteiger partial charge in [0.05, 0.1) is 6.04 Å². The Morgan fingerprint density at radius 1 is 1.33 bits per heavy atom. The van der Waals surface area contributed by atoms with E-state index in [0.29, 0.717) is 17.9 Å². The van der Waals surface area contributed by atoms with Crippen LogP contribution >= 0.6 is 11.6 Å². The molecule has 0 spiro atoms. The first-order valence-corrected chi connectivity index (χ1v) is 6.13.